The molecule has 2 nitrogen and oxygen atoms in total. The third-order valence-corrected chi connectivity index (χ3v) is 2.20. The topological polar surface area (TPSA) is 27.0 Å². The van der Waals surface area contributed by atoms with Gasteiger partial charge in [0.25, 0.3) is 0 Å². The average Bonchev–Trinajstić information content (AvgIpc) is 2.10. The molecule has 0 rings (SSSR count). The Morgan fingerprint density at radius 3 is 2.00 bits per heavy atom. The first-order chi connectivity index (χ1) is 6.66. The molecule has 5 heteroatoms. The zero-order valence-electron chi connectivity index (χ0n) is 9.36. The van der Waals surface area contributed by atoms with Crippen molar-refractivity contribution in [2.24, 2.45) is 5.41 Å². The molecule has 0 aromatic heterocycles. The van der Waals surface area contributed by atoms with Gasteiger partial charge in [-0.05, 0) is 33.9 Å². The zero-order valence-corrected chi connectivity index (χ0v) is 9.36. The number of hydrogen-bond donors (Lipinski definition) is 0. The number of halogens is 3. The van der Waals surface area contributed by atoms with Crippen LogP contribution in [0.5, 0.6) is 0 Å². The molecular weight excluding hydrogens is 205 g/mol. The largest absolute Gasteiger partial charge is 0.390 e. The van der Waals surface area contributed by atoms with Crippen LogP contribution >= 0.6 is 0 Å². The lowest BCUT2D eigenvalue weighted by molar-refractivity contribution is -0.137. The van der Waals surface area contributed by atoms with Crippen LogP contribution in [0.25, 0.3) is 0 Å². The van der Waals surface area contributed by atoms with E-state index in [9.17, 15) is 13.2 Å². The summed E-state index contributed by atoms with van der Waals surface area (Å²) in [5, 5.41) is 8.72. The number of alkyl halides is 3. The zero-order chi connectivity index (χ0) is 12.1. The molecule has 0 atom stereocenters. The highest BCUT2D eigenvalue weighted by Crippen LogP contribution is 2.21. The van der Waals surface area contributed by atoms with Gasteiger partial charge < -0.3 is 4.90 Å². The van der Waals surface area contributed by atoms with Crippen LogP contribution in [0.1, 0.15) is 26.7 Å². The van der Waals surface area contributed by atoms with Crippen molar-refractivity contribution in [3.8, 4) is 6.07 Å². The highest BCUT2D eigenvalue weighted by atomic mass is 19.4. The predicted molar refractivity (Wildman–Crippen MR) is 52.2 cm³/mol. The fourth-order valence-corrected chi connectivity index (χ4v) is 0.956. The van der Waals surface area contributed by atoms with Crippen molar-refractivity contribution in [1.82, 2.24) is 4.90 Å². The molecule has 0 aliphatic rings. The first-order valence-corrected chi connectivity index (χ1v) is 4.83. The van der Waals surface area contributed by atoms with Crippen molar-refractivity contribution in [1.29, 1.82) is 5.26 Å². The maximum absolute atomic E-state index is 11.9. The molecule has 0 fully saturated rings. The molecule has 0 unspecified atom stereocenters. The molecule has 0 saturated heterocycles. The summed E-state index contributed by atoms with van der Waals surface area (Å²) in [7, 11) is 1.64. The normalized spacial score (nSPS) is 12.9. The molecule has 0 saturated carbocycles. The maximum atomic E-state index is 11.9. The van der Waals surface area contributed by atoms with E-state index in [0.29, 0.717) is 13.0 Å². The first kappa shape index (κ1) is 14.2. The highest BCUT2D eigenvalue weighted by molar-refractivity contribution is 4.91. The molecule has 15 heavy (non-hydrogen) atoms. The van der Waals surface area contributed by atoms with Crippen LogP contribution in [0.2, 0.25) is 0 Å². The Morgan fingerprint density at radius 1 is 1.13 bits per heavy atom. The summed E-state index contributed by atoms with van der Waals surface area (Å²) in [6, 6.07) is 2.12. The van der Waals surface area contributed by atoms with Gasteiger partial charge in [-0.2, -0.15) is 18.4 Å². The van der Waals surface area contributed by atoms with Gasteiger partial charge in [0, 0.05) is 6.54 Å². The third-order valence-electron chi connectivity index (χ3n) is 2.20. The molecule has 0 aliphatic heterocycles. The van der Waals surface area contributed by atoms with Crippen molar-refractivity contribution in [3.05, 3.63) is 0 Å². The van der Waals surface area contributed by atoms with Crippen LogP contribution in [0.15, 0.2) is 0 Å². The Labute approximate surface area is 88.7 Å². The van der Waals surface area contributed by atoms with Crippen molar-refractivity contribution < 1.29 is 13.2 Å². The standard InChI is InChI=1S/C10H17F3N2/c1-9(2,8-14)4-6-15(3)7-5-10(11,12)13/h4-7H2,1-3H3. The van der Waals surface area contributed by atoms with E-state index < -0.39 is 18.0 Å². The quantitative estimate of drug-likeness (QED) is 0.715. The Bertz CT molecular complexity index is 228. The number of rotatable bonds is 5. The monoisotopic (exact) mass is 222 g/mol. The third kappa shape index (κ3) is 8.25. The summed E-state index contributed by atoms with van der Waals surface area (Å²) in [6.07, 6.45) is -4.31. The van der Waals surface area contributed by atoms with Crippen LogP contribution in [-0.4, -0.2) is 31.2 Å². The van der Waals surface area contributed by atoms with Gasteiger partial charge >= 0.3 is 6.18 Å². The van der Waals surface area contributed by atoms with E-state index in [2.05, 4.69) is 6.07 Å². The first-order valence-electron chi connectivity index (χ1n) is 4.83. The summed E-state index contributed by atoms with van der Waals surface area (Å²) in [5.41, 5.74) is -0.466. The Kier molecular flexibility index (Phi) is 5.09. The molecule has 0 aromatic rings. The molecule has 0 heterocycles. The van der Waals surface area contributed by atoms with Gasteiger partial charge in [0.15, 0.2) is 0 Å². The second kappa shape index (κ2) is 5.36. The van der Waals surface area contributed by atoms with Crippen molar-refractivity contribution in [2.75, 3.05) is 20.1 Å². The molecular formula is C10H17F3N2. The van der Waals surface area contributed by atoms with E-state index >= 15 is 0 Å². The van der Waals surface area contributed by atoms with Crippen molar-refractivity contribution in [3.63, 3.8) is 0 Å². The summed E-state index contributed by atoms with van der Waals surface area (Å²) in [5.74, 6) is 0. The maximum Gasteiger partial charge on any atom is 0.390 e. The fourth-order valence-electron chi connectivity index (χ4n) is 0.956. The Hall–Kier alpha value is -0.760. The van der Waals surface area contributed by atoms with E-state index in [4.69, 9.17) is 5.26 Å². The smallest absolute Gasteiger partial charge is 0.306 e. The number of nitrogens with zero attached hydrogens (tertiary/aromatic N) is 2. The van der Waals surface area contributed by atoms with E-state index in [1.807, 2.05) is 0 Å². The molecule has 0 N–H and O–H groups in total. The fraction of sp³-hybridized carbons (Fsp3) is 0.900. The minimum Gasteiger partial charge on any atom is -0.306 e. The summed E-state index contributed by atoms with van der Waals surface area (Å²) in [6.45, 7) is 4.07. The van der Waals surface area contributed by atoms with Crippen LogP contribution in [0.4, 0.5) is 13.2 Å². The minimum atomic E-state index is -4.10. The lowest BCUT2D eigenvalue weighted by Crippen LogP contribution is -2.28. The van der Waals surface area contributed by atoms with Crippen LogP contribution in [0.3, 0.4) is 0 Å². The predicted octanol–water partition coefficient (Wildman–Crippen LogP) is 2.81. The molecule has 88 valence electrons. The minimum absolute atomic E-state index is 0.00892. The molecule has 0 spiro atoms. The summed E-state index contributed by atoms with van der Waals surface area (Å²) < 4.78 is 35.6. The van der Waals surface area contributed by atoms with Gasteiger partial charge in [-0.3, -0.25) is 0 Å². The molecule has 0 bridgehead atoms. The molecule has 0 aliphatic carbocycles. The molecule has 0 amide bonds. The van der Waals surface area contributed by atoms with Crippen LogP contribution in [0, 0.1) is 16.7 Å². The van der Waals surface area contributed by atoms with E-state index in [0.717, 1.165) is 0 Å². The van der Waals surface area contributed by atoms with Gasteiger partial charge in [-0.1, -0.05) is 0 Å². The van der Waals surface area contributed by atoms with Crippen LogP contribution < -0.4 is 0 Å². The van der Waals surface area contributed by atoms with Crippen LogP contribution in [-0.2, 0) is 0 Å². The van der Waals surface area contributed by atoms with Gasteiger partial charge in [-0.25, -0.2) is 0 Å². The number of hydrogen-bond acceptors (Lipinski definition) is 2. The molecule has 0 radical (unpaired) electrons. The average molecular weight is 222 g/mol. The lowest BCUT2D eigenvalue weighted by Gasteiger charge is -2.21. The van der Waals surface area contributed by atoms with Gasteiger partial charge in [-0.15, -0.1) is 0 Å². The van der Waals surface area contributed by atoms with Gasteiger partial charge in [0.1, 0.15) is 0 Å². The second-order valence-corrected chi connectivity index (χ2v) is 4.41. The van der Waals surface area contributed by atoms with E-state index in [-0.39, 0.29) is 6.54 Å². The lowest BCUT2D eigenvalue weighted by atomic mass is 9.91. The SMILES string of the molecule is CN(CCC(F)(F)F)CCC(C)(C)C#N. The van der Waals surface area contributed by atoms with E-state index in [1.165, 1.54) is 0 Å². The Morgan fingerprint density at radius 2 is 1.60 bits per heavy atom. The molecule has 0 aromatic carbocycles. The number of nitriles is 1. The van der Waals surface area contributed by atoms with Crippen molar-refractivity contribution in [2.45, 2.75) is 32.9 Å². The Balaban J connectivity index is 3.78. The van der Waals surface area contributed by atoms with Crippen molar-refractivity contribution >= 4 is 0 Å². The summed E-state index contributed by atoms with van der Waals surface area (Å²) >= 11 is 0. The highest BCUT2D eigenvalue weighted by Gasteiger charge is 2.27. The summed E-state index contributed by atoms with van der Waals surface area (Å²) in [4.78, 5) is 1.60. The van der Waals surface area contributed by atoms with E-state index in [1.54, 1.807) is 25.8 Å². The van der Waals surface area contributed by atoms with Gasteiger partial charge in [0.05, 0.1) is 17.9 Å². The second-order valence-electron chi connectivity index (χ2n) is 4.41. The van der Waals surface area contributed by atoms with Gasteiger partial charge in [0.2, 0.25) is 0 Å².